The Morgan fingerprint density at radius 2 is 1.68 bits per heavy atom. The zero-order valence-electron chi connectivity index (χ0n) is 12.7. The average Bonchev–Trinajstić information content (AvgIpc) is 2.50. The van der Waals surface area contributed by atoms with Gasteiger partial charge in [-0.15, -0.1) is 0 Å². The average molecular weight is 266 g/mol. The van der Waals surface area contributed by atoms with Crippen molar-refractivity contribution in [2.45, 2.75) is 58.8 Å². The molecule has 1 amide bonds. The van der Waals surface area contributed by atoms with Crippen LogP contribution in [0.5, 0.6) is 0 Å². The van der Waals surface area contributed by atoms with E-state index in [1.165, 1.54) is 32.1 Å². The fourth-order valence-electron chi connectivity index (χ4n) is 4.15. The maximum absolute atomic E-state index is 13.1. The lowest BCUT2D eigenvalue weighted by atomic mass is 9.63. The molecule has 19 heavy (non-hydrogen) atoms. The van der Waals surface area contributed by atoms with Gasteiger partial charge in [-0.1, -0.05) is 19.3 Å². The molecule has 0 unspecified atom stereocenters. The smallest absolute Gasteiger partial charge is 0.229 e. The molecule has 0 aromatic rings. The van der Waals surface area contributed by atoms with Gasteiger partial charge in [0.1, 0.15) is 0 Å². The number of carbonyl (C=O) groups excluding carboxylic acids is 1. The van der Waals surface area contributed by atoms with E-state index >= 15 is 0 Å². The Labute approximate surface area is 118 Å². The molecule has 0 aromatic carbocycles. The van der Waals surface area contributed by atoms with Gasteiger partial charge in [0.2, 0.25) is 5.91 Å². The Morgan fingerprint density at radius 3 is 2.21 bits per heavy atom. The topological polar surface area (TPSA) is 32.3 Å². The fourth-order valence-corrected chi connectivity index (χ4v) is 4.15. The van der Waals surface area contributed by atoms with Gasteiger partial charge >= 0.3 is 0 Å². The standard InChI is InChI=1S/C16H30N2O/c1-3-18(4-2)15(19)16(10-12-17-13-11-16)14-8-6-5-7-9-14/h14,17H,3-13H2,1-2H3. The summed E-state index contributed by atoms with van der Waals surface area (Å²) in [5, 5.41) is 3.44. The summed E-state index contributed by atoms with van der Waals surface area (Å²) in [6, 6.07) is 0. The van der Waals surface area contributed by atoms with Crippen LogP contribution in [0.2, 0.25) is 0 Å². The SMILES string of the molecule is CCN(CC)C(=O)C1(C2CCCCC2)CCNCC1. The molecule has 1 aliphatic heterocycles. The molecule has 1 heterocycles. The lowest BCUT2D eigenvalue weighted by Crippen LogP contribution is -2.53. The second kappa shape index (κ2) is 6.74. The minimum Gasteiger partial charge on any atom is -0.343 e. The summed E-state index contributed by atoms with van der Waals surface area (Å²) in [5.41, 5.74) is -0.0440. The number of hydrogen-bond acceptors (Lipinski definition) is 2. The third-order valence-corrected chi connectivity index (χ3v) is 5.36. The van der Waals surface area contributed by atoms with E-state index in [4.69, 9.17) is 0 Å². The van der Waals surface area contributed by atoms with Crippen molar-refractivity contribution in [3.05, 3.63) is 0 Å². The minimum atomic E-state index is -0.0440. The summed E-state index contributed by atoms with van der Waals surface area (Å²) in [6.07, 6.45) is 8.65. The Kier molecular flexibility index (Phi) is 5.26. The molecule has 0 aromatic heterocycles. The van der Waals surface area contributed by atoms with Crippen LogP contribution in [0.3, 0.4) is 0 Å². The molecule has 1 saturated carbocycles. The first-order chi connectivity index (χ1) is 9.24. The first-order valence-electron chi connectivity index (χ1n) is 8.24. The molecule has 110 valence electrons. The van der Waals surface area contributed by atoms with Gasteiger partial charge in [-0.05, 0) is 58.5 Å². The summed E-state index contributed by atoms with van der Waals surface area (Å²) in [7, 11) is 0. The van der Waals surface area contributed by atoms with Crippen molar-refractivity contribution in [1.29, 1.82) is 0 Å². The van der Waals surface area contributed by atoms with Gasteiger partial charge in [-0.25, -0.2) is 0 Å². The Morgan fingerprint density at radius 1 is 1.11 bits per heavy atom. The Bertz CT molecular complexity index is 287. The first kappa shape index (κ1) is 14.8. The van der Waals surface area contributed by atoms with E-state index in [1.54, 1.807) is 0 Å². The summed E-state index contributed by atoms with van der Waals surface area (Å²) in [6.45, 7) is 7.97. The van der Waals surface area contributed by atoms with E-state index in [1.807, 2.05) is 0 Å². The molecule has 1 aliphatic carbocycles. The maximum atomic E-state index is 13.1. The second-order valence-electron chi connectivity index (χ2n) is 6.22. The first-order valence-corrected chi connectivity index (χ1v) is 8.24. The van der Waals surface area contributed by atoms with Crippen LogP contribution in [-0.4, -0.2) is 37.0 Å². The normalized spacial score (nSPS) is 24.1. The molecule has 2 aliphatic rings. The van der Waals surface area contributed by atoms with Crippen molar-refractivity contribution in [3.8, 4) is 0 Å². The fraction of sp³-hybridized carbons (Fsp3) is 0.938. The number of carbonyl (C=O) groups is 1. The monoisotopic (exact) mass is 266 g/mol. The van der Waals surface area contributed by atoms with E-state index in [0.29, 0.717) is 11.8 Å². The van der Waals surface area contributed by atoms with E-state index in [9.17, 15) is 4.79 Å². The van der Waals surface area contributed by atoms with Gasteiger partial charge in [0.15, 0.2) is 0 Å². The van der Waals surface area contributed by atoms with Crippen molar-refractivity contribution in [2.24, 2.45) is 11.3 Å². The van der Waals surface area contributed by atoms with Gasteiger partial charge in [0.05, 0.1) is 5.41 Å². The van der Waals surface area contributed by atoms with Crippen LogP contribution >= 0.6 is 0 Å². The number of nitrogens with zero attached hydrogens (tertiary/aromatic N) is 1. The third-order valence-electron chi connectivity index (χ3n) is 5.36. The van der Waals surface area contributed by atoms with Crippen LogP contribution in [0.25, 0.3) is 0 Å². The van der Waals surface area contributed by atoms with E-state index in [2.05, 4.69) is 24.1 Å². The lowest BCUT2D eigenvalue weighted by molar-refractivity contribution is -0.148. The zero-order chi connectivity index (χ0) is 13.7. The molecule has 0 spiro atoms. The minimum absolute atomic E-state index is 0.0440. The highest BCUT2D eigenvalue weighted by molar-refractivity contribution is 5.83. The molecule has 0 radical (unpaired) electrons. The van der Waals surface area contributed by atoms with Crippen LogP contribution in [0.1, 0.15) is 58.8 Å². The molecule has 0 bridgehead atoms. The summed E-state index contributed by atoms with van der Waals surface area (Å²) in [4.78, 5) is 15.1. The van der Waals surface area contributed by atoms with Crippen LogP contribution in [0, 0.1) is 11.3 Å². The molecule has 1 N–H and O–H groups in total. The van der Waals surface area contributed by atoms with Gasteiger partial charge < -0.3 is 10.2 Å². The molecular formula is C16H30N2O. The third kappa shape index (κ3) is 2.96. The van der Waals surface area contributed by atoms with Gasteiger partial charge in [-0.3, -0.25) is 4.79 Å². The molecular weight excluding hydrogens is 236 g/mol. The van der Waals surface area contributed by atoms with Crippen molar-refractivity contribution in [1.82, 2.24) is 10.2 Å². The predicted octanol–water partition coefficient (Wildman–Crippen LogP) is 2.80. The molecule has 2 rings (SSSR count). The van der Waals surface area contributed by atoms with Crippen LogP contribution in [0.4, 0.5) is 0 Å². The number of hydrogen-bond donors (Lipinski definition) is 1. The number of amides is 1. The zero-order valence-corrected chi connectivity index (χ0v) is 12.7. The molecule has 2 fully saturated rings. The van der Waals surface area contributed by atoms with Gasteiger partial charge in [0.25, 0.3) is 0 Å². The highest BCUT2D eigenvalue weighted by Gasteiger charge is 2.47. The summed E-state index contributed by atoms with van der Waals surface area (Å²) >= 11 is 0. The highest BCUT2D eigenvalue weighted by atomic mass is 16.2. The van der Waals surface area contributed by atoms with Crippen LogP contribution in [-0.2, 0) is 4.79 Å². The van der Waals surface area contributed by atoms with Crippen molar-refractivity contribution < 1.29 is 4.79 Å². The molecule has 3 heteroatoms. The lowest BCUT2D eigenvalue weighted by Gasteiger charge is -2.46. The summed E-state index contributed by atoms with van der Waals surface area (Å²) in [5.74, 6) is 1.09. The Balaban J connectivity index is 2.20. The highest BCUT2D eigenvalue weighted by Crippen LogP contribution is 2.45. The van der Waals surface area contributed by atoms with Crippen molar-refractivity contribution in [3.63, 3.8) is 0 Å². The molecule has 3 nitrogen and oxygen atoms in total. The summed E-state index contributed by atoms with van der Waals surface area (Å²) < 4.78 is 0. The maximum Gasteiger partial charge on any atom is 0.229 e. The second-order valence-corrected chi connectivity index (χ2v) is 6.22. The Hall–Kier alpha value is -0.570. The molecule has 0 atom stereocenters. The largest absolute Gasteiger partial charge is 0.343 e. The van der Waals surface area contributed by atoms with Crippen molar-refractivity contribution >= 4 is 5.91 Å². The van der Waals surface area contributed by atoms with E-state index in [0.717, 1.165) is 39.0 Å². The van der Waals surface area contributed by atoms with E-state index in [-0.39, 0.29) is 5.41 Å². The molecule has 1 saturated heterocycles. The van der Waals surface area contributed by atoms with E-state index < -0.39 is 0 Å². The van der Waals surface area contributed by atoms with Crippen LogP contribution in [0.15, 0.2) is 0 Å². The predicted molar refractivity (Wildman–Crippen MR) is 79.0 cm³/mol. The quantitative estimate of drug-likeness (QED) is 0.848. The van der Waals surface area contributed by atoms with Crippen LogP contribution < -0.4 is 5.32 Å². The van der Waals surface area contributed by atoms with Crippen molar-refractivity contribution in [2.75, 3.05) is 26.2 Å². The number of piperidine rings is 1. The number of rotatable bonds is 4. The van der Waals surface area contributed by atoms with Gasteiger partial charge in [0, 0.05) is 13.1 Å². The number of nitrogens with one attached hydrogen (secondary N) is 1. The van der Waals surface area contributed by atoms with Gasteiger partial charge in [-0.2, -0.15) is 0 Å².